The van der Waals surface area contributed by atoms with Crippen LogP contribution in [-0.4, -0.2) is 54.5 Å². The van der Waals surface area contributed by atoms with Gasteiger partial charge < -0.3 is 20.6 Å². The number of hydrogen-bond acceptors (Lipinski definition) is 4. The van der Waals surface area contributed by atoms with Crippen LogP contribution in [0.5, 0.6) is 5.75 Å². The predicted molar refractivity (Wildman–Crippen MR) is 131 cm³/mol. The van der Waals surface area contributed by atoms with Gasteiger partial charge in [-0.3, -0.25) is 9.59 Å². The number of likely N-dealkylation sites (tertiary alicyclic amines) is 1. The number of likely N-dealkylation sites (N-methyl/N-ethyl adjacent to an activating group) is 1. The van der Waals surface area contributed by atoms with Crippen molar-refractivity contribution in [1.29, 1.82) is 0 Å². The maximum absolute atomic E-state index is 13.0. The first-order chi connectivity index (χ1) is 15.8. The maximum atomic E-state index is 13.0. The van der Waals surface area contributed by atoms with Gasteiger partial charge in [-0.2, -0.15) is 0 Å². The standard InChI is InChI=1S/C27H37N3O3/c1-4-28-25(32)18-29-26(33)24(21-9-6-5-7-10-21)13-15-30-16-14-27(3,20(2)19-30)22-11-8-12-23(31)17-22/h5-12,17,20,24,31H,4,13-16,18-19H2,1-3H3,(H,28,32)(H,29,33). The third-order valence-electron chi connectivity index (χ3n) is 7.12. The Labute approximate surface area is 197 Å². The van der Waals surface area contributed by atoms with Crippen LogP contribution < -0.4 is 10.6 Å². The Morgan fingerprint density at radius 3 is 2.58 bits per heavy atom. The number of hydrogen-bond donors (Lipinski definition) is 3. The van der Waals surface area contributed by atoms with Gasteiger partial charge >= 0.3 is 0 Å². The number of piperidine rings is 1. The van der Waals surface area contributed by atoms with Gasteiger partial charge in [-0.15, -0.1) is 0 Å². The minimum absolute atomic E-state index is 0.000961. The van der Waals surface area contributed by atoms with Crippen molar-refractivity contribution >= 4 is 11.8 Å². The smallest absolute Gasteiger partial charge is 0.239 e. The normalized spacial score (nSPS) is 21.8. The molecule has 3 rings (SSSR count). The van der Waals surface area contributed by atoms with E-state index in [-0.39, 0.29) is 29.7 Å². The van der Waals surface area contributed by atoms with Crippen molar-refractivity contribution in [3.63, 3.8) is 0 Å². The molecule has 3 unspecified atom stereocenters. The minimum atomic E-state index is -0.296. The van der Waals surface area contributed by atoms with Crippen LogP contribution in [-0.2, 0) is 15.0 Å². The minimum Gasteiger partial charge on any atom is -0.508 e. The van der Waals surface area contributed by atoms with Crippen LogP contribution in [0, 0.1) is 5.92 Å². The van der Waals surface area contributed by atoms with E-state index in [4.69, 9.17) is 0 Å². The molecule has 6 heteroatoms. The van der Waals surface area contributed by atoms with Gasteiger partial charge in [0.1, 0.15) is 5.75 Å². The van der Waals surface area contributed by atoms with Crippen LogP contribution in [0.3, 0.4) is 0 Å². The lowest BCUT2D eigenvalue weighted by atomic mass is 9.68. The zero-order valence-corrected chi connectivity index (χ0v) is 20.0. The Bertz CT molecular complexity index is 933. The summed E-state index contributed by atoms with van der Waals surface area (Å²) >= 11 is 0. The van der Waals surface area contributed by atoms with Crippen molar-refractivity contribution in [3.8, 4) is 5.75 Å². The number of aromatic hydroxyl groups is 1. The molecule has 0 saturated carbocycles. The van der Waals surface area contributed by atoms with Crippen LogP contribution >= 0.6 is 0 Å². The van der Waals surface area contributed by atoms with Gasteiger partial charge in [0, 0.05) is 13.1 Å². The summed E-state index contributed by atoms with van der Waals surface area (Å²) < 4.78 is 0. The summed E-state index contributed by atoms with van der Waals surface area (Å²) in [5.74, 6) is 0.147. The molecule has 3 atom stereocenters. The highest BCUT2D eigenvalue weighted by atomic mass is 16.3. The lowest BCUT2D eigenvalue weighted by molar-refractivity contribution is -0.127. The molecule has 33 heavy (non-hydrogen) atoms. The fourth-order valence-electron chi connectivity index (χ4n) is 4.81. The van der Waals surface area contributed by atoms with Gasteiger partial charge in [-0.25, -0.2) is 0 Å². The summed E-state index contributed by atoms with van der Waals surface area (Å²) in [4.78, 5) is 27.2. The summed E-state index contributed by atoms with van der Waals surface area (Å²) in [6, 6.07) is 17.4. The molecule has 1 aliphatic rings. The molecule has 2 aromatic rings. The molecular formula is C27H37N3O3. The van der Waals surface area contributed by atoms with Crippen LogP contribution in [0.4, 0.5) is 0 Å². The average Bonchev–Trinajstić information content (AvgIpc) is 2.81. The Morgan fingerprint density at radius 1 is 1.15 bits per heavy atom. The van der Waals surface area contributed by atoms with E-state index in [0.29, 0.717) is 24.6 Å². The molecule has 0 aromatic heterocycles. The fraction of sp³-hybridized carbons (Fsp3) is 0.481. The second kappa shape index (κ2) is 11.3. The van der Waals surface area contributed by atoms with E-state index < -0.39 is 0 Å². The molecule has 0 aliphatic carbocycles. The summed E-state index contributed by atoms with van der Waals surface area (Å²) in [7, 11) is 0. The second-order valence-corrected chi connectivity index (χ2v) is 9.34. The number of carbonyl (C=O) groups excluding carboxylic acids is 2. The quantitative estimate of drug-likeness (QED) is 0.546. The van der Waals surface area contributed by atoms with Crippen molar-refractivity contribution in [2.75, 3.05) is 32.7 Å². The molecular weight excluding hydrogens is 414 g/mol. The zero-order chi connectivity index (χ0) is 23.8. The topological polar surface area (TPSA) is 81.7 Å². The van der Waals surface area contributed by atoms with Gasteiger partial charge in [0.15, 0.2) is 0 Å². The van der Waals surface area contributed by atoms with Gasteiger partial charge in [-0.1, -0.05) is 56.3 Å². The second-order valence-electron chi connectivity index (χ2n) is 9.34. The largest absolute Gasteiger partial charge is 0.508 e. The molecule has 0 spiro atoms. The van der Waals surface area contributed by atoms with Crippen molar-refractivity contribution in [3.05, 3.63) is 65.7 Å². The van der Waals surface area contributed by atoms with Crippen LogP contribution in [0.25, 0.3) is 0 Å². The summed E-state index contributed by atoms with van der Waals surface area (Å²) in [5.41, 5.74) is 2.17. The average molecular weight is 452 g/mol. The molecule has 0 bridgehead atoms. The summed E-state index contributed by atoms with van der Waals surface area (Å²) in [6.45, 7) is 9.65. The highest BCUT2D eigenvalue weighted by molar-refractivity contribution is 5.88. The van der Waals surface area contributed by atoms with Crippen molar-refractivity contribution in [2.24, 2.45) is 5.92 Å². The molecule has 6 nitrogen and oxygen atoms in total. The number of benzene rings is 2. The first-order valence-corrected chi connectivity index (χ1v) is 11.9. The third kappa shape index (κ3) is 6.35. The van der Waals surface area contributed by atoms with E-state index in [0.717, 1.165) is 31.6 Å². The van der Waals surface area contributed by atoms with E-state index in [1.54, 1.807) is 6.07 Å². The number of amides is 2. The molecule has 1 saturated heterocycles. The lowest BCUT2D eigenvalue weighted by Gasteiger charge is -2.45. The first-order valence-electron chi connectivity index (χ1n) is 11.9. The summed E-state index contributed by atoms with van der Waals surface area (Å²) in [6.07, 6.45) is 1.69. The molecule has 2 aromatic carbocycles. The molecule has 0 radical (unpaired) electrons. The molecule has 1 fully saturated rings. The van der Waals surface area contributed by atoms with E-state index >= 15 is 0 Å². The number of phenolic OH excluding ortho intramolecular Hbond substituents is 1. The Kier molecular flexibility index (Phi) is 8.50. The van der Waals surface area contributed by atoms with Crippen LogP contribution in [0.1, 0.15) is 50.7 Å². The summed E-state index contributed by atoms with van der Waals surface area (Å²) in [5, 5.41) is 15.5. The highest BCUT2D eigenvalue weighted by Gasteiger charge is 2.38. The molecule has 1 heterocycles. The van der Waals surface area contributed by atoms with Crippen molar-refractivity contribution in [1.82, 2.24) is 15.5 Å². The number of nitrogens with zero attached hydrogens (tertiary/aromatic N) is 1. The molecule has 1 aliphatic heterocycles. The number of phenols is 1. The van der Waals surface area contributed by atoms with Crippen LogP contribution in [0.2, 0.25) is 0 Å². The molecule has 2 amide bonds. The van der Waals surface area contributed by atoms with E-state index in [1.165, 1.54) is 5.56 Å². The first kappa shape index (κ1) is 24.8. The monoisotopic (exact) mass is 451 g/mol. The third-order valence-corrected chi connectivity index (χ3v) is 7.12. The Morgan fingerprint density at radius 2 is 1.91 bits per heavy atom. The SMILES string of the molecule is CCNC(=O)CNC(=O)C(CCN1CCC(C)(c2cccc(O)c2)C(C)C1)c1ccccc1. The van der Waals surface area contributed by atoms with Gasteiger partial charge in [0.2, 0.25) is 11.8 Å². The highest BCUT2D eigenvalue weighted by Crippen LogP contribution is 2.40. The van der Waals surface area contributed by atoms with E-state index in [9.17, 15) is 14.7 Å². The van der Waals surface area contributed by atoms with Gasteiger partial charge in [0.25, 0.3) is 0 Å². The van der Waals surface area contributed by atoms with Crippen molar-refractivity contribution < 1.29 is 14.7 Å². The fourth-order valence-corrected chi connectivity index (χ4v) is 4.81. The lowest BCUT2D eigenvalue weighted by Crippen LogP contribution is -2.48. The Balaban J connectivity index is 1.62. The number of nitrogens with one attached hydrogen (secondary N) is 2. The van der Waals surface area contributed by atoms with E-state index in [1.807, 2.05) is 49.4 Å². The number of carbonyl (C=O) groups is 2. The van der Waals surface area contributed by atoms with Crippen LogP contribution in [0.15, 0.2) is 54.6 Å². The van der Waals surface area contributed by atoms with Gasteiger partial charge in [-0.05, 0) is 67.4 Å². The molecule has 178 valence electrons. The van der Waals surface area contributed by atoms with Gasteiger partial charge in [0.05, 0.1) is 12.5 Å². The van der Waals surface area contributed by atoms with E-state index in [2.05, 4.69) is 35.4 Å². The predicted octanol–water partition coefficient (Wildman–Crippen LogP) is 3.42. The van der Waals surface area contributed by atoms with Crippen molar-refractivity contribution in [2.45, 2.75) is 44.9 Å². The molecule has 3 N–H and O–H groups in total. The maximum Gasteiger partial charge on any atom is 0.239 e. The zero-order valence-electron chi connectivity index (χ0n) is 20.0. The number of rotatable bonds is 9. The Hall–Kier alpha value is -2.86.